The van der Waals surface area contributed by atoms with E-state index in [1.807, 2.05) is 24.3 Å². The first-order chi connectivity index (χ1) is 8.27. The van der Waals surface area contributed by atoms with E-state index in [1.165, 1.54) is 0 Å². The Morgan fingerprint density at radius 2 is 2.12 bits per heavy atom. The van der Waals surface area contributed by atoms with Gasteiger partial charge in [-0.2, -0.15) is 0 Å². The largest absolute Gasteiger partial charge is 0.496 e. The van der Waals surface area contributed by atoms with Crippen molar-refractivity contribution in [3.8, 4) is 5.75 Å². The fraction of sp³-hybridized carbons (Fsp3) is 0.462. The zero-order valence-electron chi connectivity index (χ0n) is 10.0. The van der Waals surface area contributed by atoms with Gasteiger partial charge in [0.25, 0.3) is 0 Å². The van der Waals surface area contributed by atoms with Crippen molar-refractivity contribution in [2.45, 2.75) is 19.3 Å². The number of alkyl halides is 1. The number of nitrogens with one attached hydrogen (secondary N) is 1. The summed E-state index contributed by atoms with van der Waals surface area (Å²) in [7, 11) is 1.61. The van der Waals surface area contributed by atoms with Crippen LogP contribution in [0.2, 0.25) is 0 Å². The minimum atomic E-state index is 0.0177. The zero-order valence-corrected chi connectivity index (χ0v) is 10.8. The predicted molar refractivity (Wildman–Crippen MR) is 69.7 cm³/mol. The summed E-state index contributed by atoms with van der Waals surface area (Å²) in [6.45, 7) is 0.681. The van der Waals surface area contributed by atoms with Crippen molar-refractivity contribution < 1.29 is 9.53 Å². The molecule has 0 aliphatic rings. The SMILES string of the molecule is COc1ccccc1CC(=O)NCCCCCl. The lowest BCUT2D eigenvalue weighted by Crippen LogP contribution is -2.26. The van der Waals surface area contributed by atoms with Gasteiger partial charge in [0.1, 0.15) is 5.75 Å². The van der Waals surface area contributed by atoms with Gasteiger partial charge in [-0.15, -0.1) is 11.6 Å². The van der Waals surface area contributed by atoms with Crippen LogP contribution >= 0.6 is 11.6 Å². The summed E-state index contributed by atoms with van der Waals surface area (Å²) in [4.78, 5) is 11.6. The lowest BCUT2D eigenvalue weighted by molar-refractivity contribution is -0.120. The Bertz CT molecular complexity index is 355. The summed E-state index contributed by atoms with van der Waals surface area (Å²) < 4.78 is 5.19. The van der Waals surface area contributed by atoms with Crippen molar-refractivity contribution in [3.63, 3.8) is 0 Å². The molecule has 0 atom stereocenters. The van der Waals surface area contributed by atoms with Gasteiger partial charge >= 0.3 is 0 Å². The Labute approximate surface area is 107 Å². The second kappa shape index (κ2) is 7.96. The summed E-state index contributed by atoms with van der Waals surface area (Å²) in [5.41, 5.74) is 0.907. The molecule has 0 aliphatic carbocycles. The highest BCUT2D eigenvalue weighted by Crippen LogP contribution is 2.17. The van der Waals surface area contributed by atoms with E-state index in [9.17, 15) is 4.79 Å². The molecular formula is C13H18ClNO2. The molecule has 0 radical (unpaired) electrons. The number of ether oxygens (including phenoxy) is 1. The van der Waals surface area contributed by atoms with Crippen LogP contribution in [-0.4, -0.2) is 25.4 Å². The van der Waals surface area contributed by atoms with Gasteiger partial charge in [-0.3, -0.25) is 4.79 Å². The highest BCUT2D eigenvalue weighted by Gasteiger charge is 2.07. The van der Waals surface area contributed by atoms with Gasteiger partial charge in [0.2, 0.25) is 5.91 Å². The third-order valence-electron chi connectivity index (χ3n) is 2.43. The van der Waals surface area contributed by atoms with Crippen molar-refractivity contribution in [1.82, 2.24) is 5.32 Å². The third kappa shape index (κ3) is 5.09. The Balaban J connectivity index is 2.39. The fourth-order valence-electron chi connectivity index (χ4n) is 1.53. The first-order valence-electron chi connectivity index (χ1n) is 5.72. The summed E-state index contributed by atoms with van der Waals surface area (Å²) in [6, 6.07) is 7.55. The molecule has 1 aromatic rings. The van der Waals surface area contributed by atoms with Crippen LogP contribution in [0, 0.1) is 0 Å². The average molecular weight is 256 g/mol. The molecule has 0 saturated heterocycles. The number of benzene rings is 1. The molecule has 1 aromatic carbocycles. The number of rotatable bonds is 7. The van der Waals surface area contributed by atoms with Gasteiger partial charge in [0, 0.05) is 18.0 Å². The molecule has 0 aliphatic heterocycles. The monoisotopic (exact) mass is 255 g/mol. The molecule has 0 unspecified atom stereocenters. The minimum absolute atomic E-state index is 0.0177. The Morgan fingerprint density at radius 3 is 2.82 bits per heavy atom. The van der Waals surface area contributed by atoms with Crippen molar-refractivity contribution in [2.24, 2.45) is 0 Å². The van der Waals surface area contributed by atoms with Crippen molar-refractivity contribution in [1.29, 1.82) is 0 Å². The molecule has 94 valence electrons. The van der Waals surface area contributed by atoms with Gasteiger partial charge in [-0.25, -0.2) is 0 Å². The molecule has 0 spiro atoms. The number of unbranched alkanes of at least 4 members (excludes halogenated alkanes) is 1. The molecule has 0 saturated carbocycles. The molecule has 0 fully saturated rings. The number of carbonyl (C=O) groups is 1. The second-order valence-electron chi connectivity index (χ2n) is 3.73. The number of halogens is 1. The molecular weight excluding hydrogens is 238 g/mol. The van der Waals surface area contributed by atoms with Crippen LogP contribution in [0.3, 0.4) is 0 Å². The van der Waals surface area contributed by atoms with E-state index in [1.54, 1.807) is 7.11 Å². The molecule has 3 nitrogen and oxygen atoms in total. The Hall–Kier alpha value is -1.22. The molecule has 1 N–H and O–H groups in total. The van der Waals surface area contributed by atoms with Gasteiger partial charge in [-0.05, 0) is 18.9 Å². The number of para-hydroxylation sites is 1. The second-order valence-corrected chi connectivity index (χ2v) is 4.11. The maximum Gasteiger partial charge on any atom is 0.224 e. The number of amides is 1. The highest BCUT2D eigenvalue weighted by atomic mass is 35.5. The van der Waals surface area contributed by atoms with Crippen LogP contribution in [-0.2, 0) is 11.2 Å². The minimum Gasteiger partial charge on any atom is -0.496 e. The zero-order chi connectivity index (χ0) is 12.5. The van der Waals surface area contributed by atoms with E-state index in [2.05, 4.69) is 5.32 Å². The maximum atomic E-state index is 11.6. The lowest BCUT2D eigenvalue weighted by atomic mass is 10.1. The van der Waals surface area contributed by atoms with Gasteiger partial charge < -0.3 is 10.1 Å². The van der Waals surface area contributed by atoms with Crippen LogP contribution in [0.4, 0.5) is 0 Å². The average Bonchev–Trinajstić information content (AvgIpc) is 2.35. The first kappa shape index (κ1) is 13.8. The van der Waals surface area contributed by atoms with Gasteiger partial charge in [0.15, 0.2) is 0 Å². The summed E-state index contributed by atoms with van der Waals surface area (Å²) in [5.74, 6) is 1.41. The first-order valence-corrected chi connectivity index (χ1v) is 6.26. The fourth-order valence-corrected chi connectivity index (χ4v) is 1.72. The number of hydrogen-bond acceptors (Lipinski definition) is 2. The number of hydrogen-bond donors (Lipinski definition) is 1. The van der Waals surface area contributed by atoms with E-state index in [0.717, 1.165) is 24.2 Å². The van der Waals surface area contributed by atoms with Crippen molar-refractivity contribution in [3.05, 3.63) is 29.8 Å². The molecule has 17 heavy (non-hydrogen) atoms. The van der Waals surface area contributed by atoms with Crippen LogP contribution in [0.25, 0.3) is 0 Å². The molecule has 0 bridgehead atoms. The summed E-state index contributed by atoms with van der Waals surface area (Å²) in [6.07, 6.45) is 2.20. The van der Waals surface area contributed by atoms with Gasteiger partial charge in [0.05, 0.1) is 13.5 Å². The van der Waals surface area contributed by atoms with E-state index in [4.69, 9.17) is 16.3 Å². The predicted octanol–water partition coefficient (Wildman–Crippen LogP) is 2.37. The number of carbonyl (C=O) groups excluding carboxylic acids is 1. The third-order valence-corrected chi connectivity index (χ3v) is 2.69. The Kier molecular flexibility index (Phi) is 6.48. The quantitative estimate of drug-likeness (QED) is 0.600. The standard InChI is InChI=1S/C13H18ClNO2/c1-17-12-7-3-2-6-11(12)10-13(16)15-9-5-4-8-14/h2-3,6-7H,4-5,8-10H2,1H3,(H,15,16). The van der Waals surface area contributed by atoms with Crippen LogP contribution < -0.4 is 10.1 Å². The van der Waals surface area contributed by atoms with E-state index >= 15 is 0 Å². The van der Waals surface area contributed by atoms with E-state index < -0.39 is 0 Å². The molecule has 0 heterocycles. The van der Waals surface area contributed by atoms with Crippen molar-refractivity contribution >= 4 is 17.5 Å². The molecule has 1 amide bonds. The number of methoxy groups -OCH3 is 1. The van der Waals surface area contributed by atoms with E-state index in [-0.39, 0.29) is 5.91 Å². The molecule has 1 rings (SSSR count). The highest BCUT2D eigenvalue weighted by molar-refractivity contribution is 6.17. The maximum absolute atomic E-state index is 11.6. The topological polar surface area (TPSA) is 38.3 Å². The van der Waals surface area contributed by atoms with Crippen LogP contribution in [0.15, 0.2) is 24.3 Å². The normalized spacial score (nSPS) is 10.0. The Morgan fingerprint density at radius 1 is 1.35 bits per heavy atom. The van der Waals surface area contributed by atoms with Crippen molar-refractivity contribution in [2.75, 3.05) is 19.5 Å². The lowest BCUT2D eigenvalue weighted by Gasteiger charge is -2.08. The van der Waals surface area contributed by atoms with Crippen LogP contribution in [0.1, 0.15) is 18.4 Å². The van der Waals surface area contributed by atoms with Gasteiger partial charge in [-0.1, -0.05) is 18.2 Å². The van der Waals surface area contributed by atoms with Crippen LogP contribution in [0.5, 0.6) is 5.75 Å². The molecule has 0 aromatic heterocycles. The molecule has 4 heteroatoms. The smallest absolute Gasteiger partial charge is 0.224 e. The summed E-state index contributed by atoms with van der Waals surface area (Å²) >= 11 is 5.56. The van der Waals surface area contributed by atoms with E-state index in [0.29, 0.717) is 18.8 Å². The summed E-state index contributed by atoms with van der Waals surface area (Å²) in [5, 5.41) is 2.86.